The third-order valence-corrected chi connectivity index (χ3v) is 4.30. The van der Waals surface area contributed by atoms with Crippen LogP contribution in [0.4, 0.5) is 4.79 Å². The van der Waals surface area contributed by atoms with E-state index in [-0.39, 0.29) is 12.4 Å². The zero-order chi connectivity index (χ0) is 15.3. The SMILES string of the molecule is CCOC(=O)NS(=O)(=O)N(C)C(C)c1ccccc1O. The van der Waals surface area contributed by atoms with Gasteiger partial charge in [-0.3, -0.25) is 0 Å². The van der Waals surface area contributed by atoms with E-state index in [9.17, 15) is 18.3 Å². The van der Waals surface area contributed by atoms with Crippen LogP contribution in [0.3, 0.4) is 0 Å². The number of para-hydroxylation sites is 1. The Balaban J connectivity index is 2.91. The molecule has 20 heavy (non-hydrogen) atoms. The smallest absolute Gasteiger partial charge is 0.421 e. The second-order valence-electron chi connectivity index (χ2n) is 4.08. The Labute approximate surface area is 118 Å². The Morgan fingerprint density at radius 1 is 1.45 bits per heavy atom. The second-order valence-corrected chi connectivity index (χ2v) is 5.81. The van der Waals surface area contributed by atoms with Crippen molar-refractivity contribution in [2.75, 3.05) is 13.7 Å². The Morgan fingerprint density at radius 2 is 2.05 bits per heavy atom. The normalized spacial score (nSPS) is 13.0. The van der Waals surface area contributed by atoms with Gasteiger partial charge < -0.3 is 9.84 Å². The van der Waals surface area contributed by atoms with Gasteiger partial charge in [0.2, 0.25) is 0 Å². The molecule has 0 aliphatic heterocycles. The molecule has 7 nitrogen and oxygen atoms in total. The summed E-state index contributed by atoms with van der Waals surface area (Å²) in [6, 6.07) is 5.74. The molecule has 0 saturated carbocycles. The summed E-state index contributed by atoms with van der Waals surface area (Å²) in [5, 5.41) is 9.73. The van der Waals surface area contributed by atoms with Crippen LogP contribution in [0.25, 0.3) is 0 Å². The minimum absolute atomic E-state index is 0.0156. The van der Waals surface area contributed by atoms with E-state index in [1.54, 1.807) is 36.8 Å². The van der Waals surface area contributed by atoms with Crippen LogP contribution in [0.2, 0.25) is 0 Å². The van der Waals surface area contributed by atoms with Crippen molar-refractivity contribution in [2.45, 2.75) is 19.9 Å². The van der Waals surface area contributed by atoms with Crippen LogP contribution in [0.1, 0.15) is 25.5 Å². The van der Waals surface area contributed by atoms with E-state index in [4.69, 9.17) is 0 Å². The summed E-state index contributed by atoms with van der Waals surface area (Å²) < 4.78 is 31.2. The summed E-state index contributed by atoms with van der Waals surface area (Å²) in [7, 11) is -2.74. The van der Waals surface area contributed by atoms with E-state index < -0.39 is 22.3 Å². The summed E-state index contributed by atoms with van der Waals surface area (Å²) in [5.41, 5.74) is 0.434. The molecule has 1 amide bonds. The molecule has 0 heterocycles. The predicted molar refractivity (Wildman–Crippen MR) is 73.4 cm³/mol. The molecular formula is C12H18N2O5S. The molecule has 1 unspecified atom stereocenters. The number of benzene rings is 1. The van der Waals surface area contributed by atoms with Crippen LogP contribution >= 0.6 is 0 Å². The van der Waals surface area contributed by atoms with Gasteiger partial charge >= 0.3 is 16.3 Å². The van der Waals surface area contributed by atoms with Gasteiger partial charge in [0.1, 0.15) is 5.75 Å². The van der Waals surface area contributed by atoms with Crippen molar-refractivity contribution in [1.29, 1.82) is 0 Å². The molecule has 1 atom stereocenters. The summed E-state index contributed by atoms with van der Waals surface area (Å²) in [4.78, 5) is 11.2. The molecule has 0 fully saturated rings. The number of carbonyl (C=O) groups is 1. The lowest BCUT2D eigenvalue weighted by Gasteiger charge is -2.24. The first-order chi connectivity index (χ1) is 9.29. The van der Waals surface area contributed by atoms with Gasteiger partial charge in [0.25, 0.3) is 0 Å². The van der Waals surface area contributed by atoms with Gasteiger partial charge in [0.15, 0.2) is 0 Å². The number of rotatable bonds is 5. The van der Waals surface area contributed by atoms with Crippen molar-refractivity contribution in [1.82, 2.24) is 9.03 Å². The van der Waals surface area contributed by atoms with Crippen LogP contribution in [-0.2, 0) is 14.9 Å². The van der Waals surface area contributed by atoms with Crippen molar-refractivity contribution in [3.8, 4) is 5.75 Å². The van der Waals surface area contributed by atoms with Crippen molar-refractivity contribution in [2.24, 2.45) is 0 Å². The maximum Gasteiger partial charge on any atom is 0.421 e. The van der Waals surface area contributed by atoms with Crippen LogP contribution in [-0.4, -0.2) is 37.6 Å². The molecule has 2 N–H and O–H groups in total. The molecule has 112 valence electrons. The molecular weight excluding hydrogens is 284 g/mol. The number of hydrogen-bond donors (Lipinski definition) is 2. The first-order valence-corrected chi connectivity index (χ1v) is 7.44. The van der Waals surface area contributed by atoms with E-state index >= 15 is 0 Å². The van der Waals surface area contributed by atoms with E-state index in [1.807, 2.05) is 0 Å². The number of phenolic OH excluding ortho intramolecular Hbond substituents is 1. The molecule has 0 aliphatic carbocycles. The van der Waals surface area contributed by atoms with E-state index in [2.05, 4.69) is 4.74 Å². The molecule has 1 aromatic carbocycles. The topological polar surface area (TPSA) is 95.9 Å². The van der Waals surface area contributed by atoms with Crippen LogP contribution in [0.5, 0.6) is 5.75 Å². The lowest BCUT2D eigenvalue weighted by molar-refractivity contribution is 0.158. The highest BCUT2D eigenvalue weighted by atomic mass is 32.2. The van der Waals surface area contributed by atoms with E-state index in [1.165, 1.54) is 13.1 Å². The zero-order valence-corrected chi connectivity index (χ0v) is 12.3. The third-order valence-electron chi connectivity index (χ3n) is 2.80. The Bertz CT molecular complexity index is 573. The standard InChI is InChI=1S/C12H18N2O5S/c1-4-19-12(16)13-20(17,18)14(3)9(2)10-7-5-6-8-11(10)15/h5-9,15H,4H2,1-3H3,(H,13,16). The largest absolute Gasteiger partial charge is 0.508 e. The molecule has 0 radical (unpaired) electrons. The molecule has 0 saturated heterocycles. The highest BCUT2D eigenvalue weighted by Gasteiger charge is 2.27. The number of ether oxygens (including phenoxy) is 1. The second kappa shape index (κ2) is 6.58. The number of nitrogens with one attached hydrogen (secondary N) is 1. The number of aromatic hydroxyl groups is 1. The number of carbonyl (C=O) groups excluding carboxylic acids is 1. The maximum absolute atomic E-state index is 12.0. The summed E-state index contributed by atoms with van der Waals surface area (Å²) >= 11 is 0. The van der Waals surface area contributed by atoms with E-state index in [0.717, 1.165) is 4.31 Å². The van der Waals surface area contributed by atoms with Crippen molar-refractivity contribution >= 4 is 16.3 Å². The molecule has 1 aromatic rings. The lowest BCUT2D eigenvalue weighted by Crippen LogP contribution is -2.42. The fourth-order valence-corrected chi connectivity index (χ4v) is 2.53. The minimum Gasteiger partial charge on any atom is -0.508 e. The van der Waals surface area contributed by atoms with Crippen molar-refractivity contribution in [3.63, 3.8) is 0 Å². The van der Waals surface area contributed by atoms with Crippen LogP contribution in [0, 0.1) is 0 Å². The first kappa shape index (κ1) is 16.3. The summed E-state index contributed by atoms with van der Waals surface area (Å²) in [6.45, 7) is 3.24. The van der Waals surface area contributed by atoms with Gasteiger partial charge in [-0.2, -0.15) is 12.7 Å². The third kappa shape index (κ3) is 3.84. The average Bonchev–Trinajstić information content (AvgIpc) is 2.37. The van der Waals surface area contributed by atoms with Gasteiger partial charge in [-0.15, -0.1) is 0 Å². The number of hydrogen-bond acceptors (Lipinski definition) is 5. The van der Waals surface area contributed by atoms with Gasteiger partial charge in [-0.1, -0.05) is 18.2 Å². The zero-order valence-electron chi connectivity index (χ0n) is 11.5. The maximum atomic E-state index is 12.0. The highest BCUT2D eigenvalue weighted by Crippen LogP contribution is 2.28. The molecule has 0 bridgehead atoms. The Kier molecular flexibility index (Phi) is 5.34. The first-order valence-electron chi connectivity index (χ1n) is 6.00. The van der Waals surface area contributed by atoms with E-state index in [0.29, 0.717) is 5.56 Å². The van der Waals surface area contributed by atoms with Crippen LogP contribution < -0.4 is 4.72 Å². The lowest BCUT2D eigenvalue weighted by atomic mass is 10.1. The molecule has 1 rings (SSSR count). The number of nitrogens with zero attached hydrogens (tertiary/aromatic N) is 1. The van der Waals surface area contributed by atoms with Gasteiger partial charge in [0, 0.05) is 12.6 Å². The predicted octanol–water partition coefficient (Wildman–Crippen LogP) is 1.38. The summed E-state index contributed by atoms with van der Waals surface area (Å²) in [5.74, 6) is -0.0156. The van der Waals surface area contributed by atoms with Gasteiger partial charge in [0.05, 0.1) is 12.6 Å². The molecule has 0 aliphatic rings. The highest BCUT2D eigenvalue weighted by molar-refractivity contribution is 7.87. The van der Waals surface area contributed by atoms with Crippen molar-refractivity contribution in [3.05, 3.63) is 29.8 Å². The monoisotopic (exact) mass is 302 g/mol. The Hall–Kier alpha value is -1.80. The quantitative estimate of drug-likeness (QED) is 0.856. The van der Waals surface area contributed by atoms with Crippen LogP contribution in [0.15, 0.2) is 24.3 Å². The van der Waals surface area contributed by atoms with Gasteiger partial charge in [-0.25, -0.2) is 9.52 Å². The molecule has 0 aromatic heterocycles. The molecule has 8 heteroatoms. The van der Waals surface area contributed by atoms with Crippen molar-refractivity contribution < 1.29 is 23.1 Å². The minimum atomic E-state index is -4.05. The Morgan fingerprint density at radius 3 is 2.60 bits per heavy atom. The summed E-state index contributed by atoms with van der Waals surface area (Å²) in [6.07, 6.45) is -1.04. The molecule has 0 spiro atoms. The average molecular weight is 302 g/mol. The fraction of sp³-hybridized carbons (Fsp3) is 0.417. The number of phenols is 1. The van der Waals surface area contributed by atoms with Gasteiger partial charge in [-0.05, 0) is 19.9 Å². The number of amides is 1. The fourth-order valence-electron chi connectivity index (χ4n) is 1.58.